The Morgan fingerprint density at radius 1 is 1.07 bits per heavy atom. The number of carbonyl (C=O) groups is 3. The molecule has 1 aromatic carbocycles. The van der Waals surface area contributed by atoms with Crippen molar-refractivity contribution in [3.8, 4) is 5.75 Å². The predicted octanol–water partition coefficient (Wildman–Crippen LogP) is 1.37. The van der Waals surface area contributed by atoms with E-state index in [0.717, 1.165) is 0 Å². The number of urea groups is 1. The van der Waals surface area contributed by atoms with E-state index in [-0.39, 0.29) is 17.8 Å². The summed E-state index contributed by atoms with van der Waals surface area (Å²) in [5.74, 6) is 0.689. The maximum absolute atomic E-state index is 13.2. The van der Waals surface area contributed by atoms with Crippen molar-refractivity contribution in [2.45, 2.75) is 13.3 Å². The maximum Gasteiger partial charge on any atom is 0.319 e. The van der Waals surface area contributed by atoms with Gasteiger partial charge < -0.3 is 24.3 Å². The zero-order valence-electron chi connectivity index (χ0n) is 17.7. The second kappa shape index (κ2) is 8.31. The van der Waals surface area contributed by atoms with Crippen LogP contribution < -0.4 is 4.74 Å². The van der Waals surface area contributed by atoms with Gasteiger partial charge in [0, 0.05) is 70.8 Å². The molecule has 2 fully saturated rings. The topological polar surface area (TPSA) is 73.4 Å². The first kappa shape index (κ1) is 21.0. The number of likely N-dealkylation sites (tertiary alicyclic amines) is 1. The van der Waals surface area contributed by atoms with Crippen LogP contribution in [0.25, 0.3) is 0 Å². The van der Waals surface area contributed by atoms with Crippen molar-refractivity contribution in [2.75, 3.05) is 60.5 Å². The summed E-state index contributed by atoms with van der Waals surface area (Å²) in [4.78, 5) is 45.3. The average molecular weight is 402 g/mol. The first-order valence-electron chi connectivity index (χ1n) is 9.96. The molecule has 0 saturated carbocycles. The molecule has 1 atom stereocenters. The smallest absolute Gasteiger partial charge is 0.319 e. The first-order valence-corrected chi connectivity index (χ1v) is 9.96. The Labute approximate surface area is 172 Å². The number of amides is 4. The molecule has 8 heteroatoms. The van der Waals surface area contributed by atoms with Gasteiger partial charge in [0.1, 0.15) is 5.75 Å². The summed E-state index contributed by atoms with van der Waals surface area (Å²) in [6.07, 6.45) is 0.352. The lowest BCUT2D eigenvalue weighted by atomic mass is 9.85. The number of nitrogens with zero attached hydrogens (tertiary/aromatic N) is 4. The largest absolute Gasteiger partial charge is 0.497 e. The Morgan fingerprint density at radius 2 is 1.69 bits per heavy atom. The Balaban J connectivity index is 1.88. The minimum absolute atomic E-state index is 0.0866. The minimum atomic E-state index is -0.447. The number of ether oxygens (including phenoxy) is 1. The molecule has 2 heterocycles. The second-order valence-electron chi connectivity index (χ2n) is 8.14. The fourth-order valence-electron chi connectivity index (χ4n) is 4.28. The van der Waals surface area contributed by atoms with Crippen LogP contribution in [0.5, 0.6) is 5.75 Å². The van der Waals surface area contributed by atoms with Gasteiger partial charge in [-0.25, -0.2) is 4.79 Å². The lowest BCUT2D eigenvalue weighted by molar-refractivity contribution is -0.127. The monoisotopic (exact) mass is 402 g/mol. The van der Waals surface area contributed by atoms with Crippen LogP contribution in [-0.2, 0) is 4.79 Å². The van der Waals surface area contributed by atoms with Crippen molar-refractivity contribution in [2.24, 2.45) is 5.41 Å². The number of methoxy groups -OCH3 is 1. The van der Waals surface area contributed by atoms with Gasteiger partial charge in [-0.1, -0.05) is 0 Å². The third-order valence-corrected chi connectivity index (χ3v) is 5.76. The zero-order valence-corrected chi connectivity index (χ0v) is 17.7. The first-order chi connectivity index (χ1) is 13.8. The standard InChI is InChI=1S/C21H30N4O4/c1-5-23-13-21(12-18(23)26)14-24(10-11-25(15-21)20(28)22(2)3)19(27)16-6-8-17(29-4)9-7-16/h6-9H,5,10-15H2,1-4H3/t21-/m1/s1. The van der Waals surface area contributed by atoms with Gasteiger partial charge in [0.25, 0.3) is 5.91 Å². The minimum Gasteiger partial charge on any atom is -0.497 e. The van der Waals surface area contributed by atoms with Crippen LogP contribution in [0.1, 0.15) is 23.7 Å². The summed E-state index contributed by atoms with van der Waals surface area (Å²) in [5.41, 5.74) is 0.127. The van der Waals surface area contributed by atoms with E-state index in [2.05, 4.69) is 0 Å². The highest BCUT2D eigenvalue weighted by Crippen LogP contribution is 2.35. The van der Waals surface area contributed by atoms with Gasteiger partial charge in [0.15, 0.2) is 0 Å². The van der Waals surface area contributed by atoms with E-state index in [9.17, 15) is 14.4 Å². The van der Waals surface area contributed by atoms with Gasteiger partial charge >= 0.3 is 6.03 Å². The van der Waals surface area contributed by atoms with Crippen LogP contribution >= 0.6 is 0 Å². The normalized spacial score (nSPS) is 22.1. The van der Waals surface area contributed by atoms with E-state index in [1.54, 1.807) is 60.2 Å². The predicted molar refractivity (Wildman–Crippen MR) is 109 cm³/mol. The van der Waals surface area contributed by atoms with Gasteiger partial charge in [-0.2, -0.15) is 0 Å². The van der Waals surface area contributed by atoms with Crippen LogP contribution in [0.2, 0.25) is 0 Å². The molecule has 1 aromatic rings. The van der Waals surface area contributed by atoms with Gasteiger partial charge in [-0.3, -0.25) is 9.59 Å². The van der Waals surface area contributed by atoms with Gasteiger partial charge in [0.2, 0.25) is 5.91 Å². The van der Waals surface area contributed by atoms with Crippen LogP contribution in [-0.4, -0.2) is 97.9 Å². The molecule has 0 bridgehead atoms. The summed E-state index contributed by atoms with van der Waals surface area (Å²) < 4.78 is 5.17. The number of hydrogen-bond acceptors (Lipinski definition) is 4. The molecule has 2 aliphatic heterocycles. The van der Waals surface area contributed by atoms with Gasteiger partial charge in [-0.05, 0) is 31.2 Å². The molecule has 3 rings (SSSR count). The van der Waals surface area contributed by atoms with Crippen molar-refractivity contribution in [3.63, 3.8) is 0 Å². The highest BCUT2D eigenvalue weighted by Gasteiger charge is 2.47. The number of hydrogen-bond donors (Lipinski definition) is 0. The molecule has 29 heavy (non-hydrogen) atoms. The molecule has 0 radical (unpaired) electrons. The van der Waals surface area contributed by atoms with E-state index in [0.29, 0.717) is 57.0 Å². The Hall–Kier alpha value is -2.77. The molecule has 0 aliphatic carbocycles. The third kappa shape index (κ3) is 4.31. The van der Waals surface area contributed by atoms with Crippen LogP contribution in [0.3, 0.4) is 0 Å². The molecule has 1 spiro atoms. The summed E-state index contributed by atoms with van der Waals surface area (Å²) in [5, 5.41) is 0. The number of carbonyl (C=O) groups excluding carboxylic acids is 3. The van der Waals surface area contributed by atoms with Crippen molar-refractivity contribution in [3.05, 3.63) is 29.8 Å². The highest BCUT2D eigenvalue weighted by atomic mass is 16.5. The quantitative estimate of drug-likeness (QED) is 0.766. The zero-order chi connectivity index (χ0) is 21.2. The van der Waals surface area contributed by atoms with Crippen molar-refractivity contribution in [1.82, 2.24) is 19.6 Å². The third-order valence-electron chi connectivity index (χ3n) is 5.76. The van der Waals surface area contributed by atoms with Crippen molar-refractivity contribution in [1.29, 1.82) is 0 Å². The molecule has 0 N–H and O–H groups in total. The SMILES string of the molecule is CCN1C[C@]2(CC1=O)CN(C(=O)c1ccc(OC)cc1)CCN(C(=O)N(C)C)C2. The van der Waals surface area contributed by atoms with E-state index < -0.39 is 5.41 Å². The Kier molecular flexibility index (Phi) is 6.00. The Morgan fingerprint density at radius 3 is 2.24 bits per heavy atom. The van der Waals surface area contributed by atoms with Gasteiger partial charge in [0.05, 0.1) is 7.11 Å². The molecule has 2 aliphatic rings. The van der Waals surface area contributed by atoms with Crippen LogP contribution in [0.4, 0.5) is 4.79 Å². The Bertz CT molecular complexity index is 779. The number of benzene rings is 1. The lowest BCUT2D eigenvalue weighted by Gasteiger charge is -2.34. The summed E-state index contributed by atoms with van der Waals surface area (Å²) >= 11 is 0. The summed E-state index contributed by atoms with van der Waals surface area (Å²) in [6, 6.07) is 6.94. The van der Waals surface area contributed by atoms with E-state index in [4.69, 9.17) is 4.74 Å². The van der Waals surface area contributed by atoms with E-state index in [1.807, 2.05) is 11.8 Å². The average Bonchev–Trinajstić information content (AvgIpc) is 2.91. The molecule has 2 saturated heterocycles. The summed E-state index contributed by atoms with van der Waals surface area (Å²) in [7, 11) is 5.03. The highest BCUT2D eigenvalue weighted by molar-refractivity contribution is 5.94. The van der Waals surface area contributed by atoms with Gasteiger partial charge in [-0.15, -0.1) is 0 Å². The molecule has 8 nitrogen and oxygen atoms in total. The van der Waals surface area contributed by atoms with Crippen LogP contribution in [0.15, 0.2) is 24.3 Å². The molecule has 0 unspecified atom stereocenters. The molecule has 158 valence electrons. The van der Waals surface area contributed by atoms with Crippen LogP contribution in [0, 0.1) is 5.41 Å². The van der Waals surface area contributed by atoms with Crippen molar-refractivity contribution >= 4 is 17.8 Å². The number of rotatable bonds is 3. The molecular formula is C21H30N4O4. The molecule has 0 aromatic heterocycles. The molecular weight excluding hydrogens is 372 g/mol. The van der Waals surface area contributed by atoms with E-state index >= 15 is 0 Å². The molecule has 4 amide bonds. The second-order valence-corrected chi connectivity index (χ2v) is 8.14. The fraction of sp³-hybridized carbons (Fsp3) is 0.571. The maximum atomic E-state index is 13.2. The van der Waals surface area contributed by atoms with E-state index in [1.165, 1.54) is 0 Å². The fourth-order valence-corrected chi connectivity index (χ4v) is 4.28. The lowest BCUT2D eigenvalue weighted by Crippen LogP contribution is -2.47. The van der Waals surface area contributed by atoms with Crippen molar-refractivity contribution < 1.29 is 19.1 Å². The summed E-state index contributed by atoms with van der Waals surface area (Å²) in [6.45, 7) is 4.96.